The molecule has 0 aliphatic carbocycles. The molecule has 11 heteroatoms. The molecule has 1 aliphatic rings. The predicted octanol–water partition coefficient (Wildman–Crippen LogP) is 6.21. The van der Waals surface area contributed by atoms with Crippen molar-refractivity contribution in [2.75, 3.05) is 7.11 Å². The van der Waals surface area contributed by atoms with Gasteiger partial charge in [0.05, 0.1) is 29.5 Å². The highest BCUT2D eigenvalue weighted by molar-refractivity contribution is 7.14. The Morgan fingerprint density at radius 1 is 1.05 bits per heavy atom. The van der Waals surface area contributed by atoms with Gasteiger partial charge >= 0.3 is 5.97 Å². The first-order chi connectivity index (χ1) is 20.1. The van der Waals surface area contributed by atoms with E-state index in [9.17, 15) is 28.0 Å². The van der Waals surface area contributed by atoms with Crippen LogP contribution in [0.3, 0.4) is 0 Å². The number of hydrogen-bond acceptors (Lipinski definition) is 7. The Kier molecular flexibility index (Phi) is 9.70. The number of esters is 1. The lowest BCUT2D eigenvalue weighted by molar-refractivity contribution is -0.136. The number of methoxy groups -OCH3 is 1. The van der Waals surface area contributed by atoms with E-state index < -0.39 is 35.2 Å². The number of carbonyl (C=O) groups is 2. The smallest absolute Gasteiger partial charge is 0.340 e. The van der Waals surface area contributed by atoms with Crippen LogP contribution in [0.25, 0.3) is 0 Å². The summed E-state index contributed by atoms with van der Waals surface area (Å²) < 4.78 is 51.3. The van der Waals surface area contributed by atoms with Crippen LogP contribution in [-0.4, -0.2) is 19.0 Å². The van der Waals surface area contributed by atoms with E-state index in [1.807, 2.05) is 13.8 Å². The second-order valence-electron chi connectivity index (χ2n) is 9.94. The molecule has 2 heterocycles. The SMILES string of the molecule is COC(=O)C1=C(OCc2ccc(F)cc2)NC(CC(C)C)=C(C#N)C1c1ccc(C(=O)NCc2ccc(F)c(F)c2)s1. The van der Waals surface area contributed by atoms with Gasteiger partial charge in [-0.25, -0.2) is 18.0 Å². The Balaban J connectivity index is 1.68. The highest BCUT2D eigenvalue weighted by Gasteiger charge is 2.38. The average Bonchev–Trinajstić information content (AvgIpc) is 3.46. The Bertz CT molecular complexity index is 1590. The van der Waals surface area contributed by atoms with Crippen molar-refractivity contribution < 1.29 is 32.2 Å². The number of rotatable bonds is 10. The minimum Gasteiger partial charge on any atom is -0.474 e. The van der Waals surface area contributed by atoms with Crippen molar-refractivity contribution in [2.24, 2.45) is 5.92 Å². The zero-order valence-electron chi connectivity index (χ0n) is 23.1. The number of nitriles is 1. The van der Waals surface area contributed by atoms with E-state index in [2.05, 4.69) is 16.7 Å². The van der Waals surface area contributed by atoms with Crippen molar-refractivity contribution in [3.8, 4) is 6.07 Å². The second-order valence-corrected chi connectivity index (χ2v) is 11.1. The van der Waals surface area contributed by atoms with Crippen molar-refractivity contribution in [1.82, 2.24) is 10.6 Å². The van der Waals surface area contributed by atoms with Crippen LogP contribution in [0.15, 0.2) is 77.3 Å². The number of benzene rings is 2. The molecule has 0 fully saturated rings. The summed E-state index contributed by atoms with van der Waals surface area (Å²) in [7, 11) is 1.22. The Labute approximate surface area is 245 Å². The van der Waals surface area contributed by atoms with E-state index in [1.54, 1.807) is 24.3 Å². The zero-order valence-corrected chi connectivity index (χ0v) is 23.9. The number of dihydropyridines is 1. The van der Waals surface area contributed by atoms with Crippen molar-refractivity contribution >= 4 is 23.2 Å². The lowest BCUT2D eigenvalue weighted by atomic mass is 9.84. The molecule has 1 aliphatic heterocycles. The largest absolute Gasteiger partial charge is 0.474 e. The molecule has 0 spiro atoms. The summed E-state index contributed by atoms with van der Waals surface area (Å²) in [6.07, 6.45) is 0.476. The fourth-order valence-corrected chi connectivity index (χ4v) is 5.47. The number of hydrogen-bond donors (Lipinski definition) is 2. The van der Waals surface area contributed by atoms with Crippen LogP contribution in [0.1, 0.15) is 51.9 Å². The molecule has 1 amide bonds. The Morgan fingerprint density at radius 3 is 2.40 bits per heavy atom. The molecule has 1 aromatic heterocycles. The van der Waals surface area contributed by atoms with Gasteiger partial charge in [-0.05, 0) is 59.9 Å². The summed E-state index contributed by atoms with van der Waals surface area (Å²) in [5, 5.41) is 16.0. The third kappa shape index (κ3) is 7.01. The average molecular weight is 596 g/mol. The van der Waals surface area contributed by atoms with Gasteiger partial charge in [0.2, 0.25) is 5.88 Å². The van der Waals surface area contributed by atoms with Crippen molar-refractivity contribution in [3.63, 3.8) is 0 Å². The Morgan fingerprint density at radius 2 is 1.76 bits per heavy atom. The fourth-order valence-electron chi connectivity index (χ4n) is 4.43. The molecule has 0 bridgehead atoms. The quantitative estimate of drug-likeness (QED) is 0.271. The standard InChI is InChI=1S/C31H28F3N3O4S/c1-17(2)12-24-21(14-35)27(28(31(39)40-3)30(37-24)41-16-18-4-7-20(32)8-5-18)25-10-11-26(42-25)29(38)36-15-19-6-9-22(33)23(34)13-19/h4-11,13,17,27,37H,12,15-16H2,1-3H3,(H,36,38). The zero-order chi connectivity index (χ0) is 30.4. The van der Waals surface area contributed by atoms with Gasteiger partial charge in [-0.1, -0.05) is 32.0 Å². The van der Waals surface area contributed by atoms with E-state index in [1.165, 1.54) is 25.3 Å². The molecule has 2 aromatic carbocycles. The first-order valence-electron chi connectivity index (χ1n) is 13.0. The van der Waals surface area contributed by atoms with Gasteiger partial charge in [0.1, 0.15) is 18.0 Å². The summed E-state index contributed by atoms with van der Waals surface area (Å²) in [6, 6.07) is 14.5. The number of thiophene rings is 1. The van der Waals surface area contributed by atoms with Gasteiger partial charge in [-0.3, -0.25) is 4.79 Å². The maximum Gasteiger partial charge on any atom is 0.340 e. The van der Waals surface area contributed by atoms with Crippen LogP contribution < -0.4 is 10.6 Å². The van der Waals surface area contributed by atoms with E-state index in [0.29, 0.717) is 28.1 Å². The van der Waals surface area contributed by atoms with Crippen molar-refractivity contribution in [2.45, 2.75) is 39.3 Å². The van der Waals surface area contributed by atoms with Crippen molar-refractivity contribution in [3.05, 3.63) is 116 Å². The van der Waals surface area contributed by atoms with Crippen LogP contribution >= 0.6 is 11.3 Å². The number of halogens is 3. The lowest BCUT2D eigenvalue weighted by Gasteiger charge is -2.30. The first-order valence-corrected chi connectivity index (χ1v) is 13.8. The summed E-state index contributed by atoms with van der Waals surface area (Å²) in [5.41, 5.74) is 1.94. The minimum atomic E-state index is -1.02. The number of ether oxygens (including phenoxy) is 2. The first kappa shape index (κ1) is 30.4. The molecule has 0 saturated carbocycles. The highest BCUT2D eigenvalue weighted by atomic mass is 32.1. The minimum absolute atomic E-state index is 0.00868. The van der Waals surface area contributed by atoms with Gasteiger partial charge in [-0.15, -0.1) is 11.3 Å². The molecule has 2 N–H and O–H groups in total. The maximum absolute atomic E-state index is 13.6. The van der Waals surface area contributed by atoms with Crippen LogP contribution in [-0.2, 0) is 27.4 Å². The van der Waals surface area contributed by atoms with Gasteiger partial charge in [0, 0.05) is 17.1 Å². The third-order valence-corrected chi connectivity index (χ3v) is 7.57. The number of allylic oxidation sites excluding steroid dienone is 2. The van der Waals surface area contributed by atoms with Gasteiger partial charge in [0.15, 0.2) is 11.6 Å². The number of nitrogens with one attached hydrogen (secondary N) is 2. The summed E-state index contributed by atoms with van der Waals surface area (Å²) in [5.74, 6) is -4.23. The number of carbonyl (C=O) groups excluding carboxylic acids is 2. The topological polar surface area (TPSA) is 100 Å². The predicted molar refractivity (Wildman–Crippen MR) is 150 cm³/mol. The molecule has 0 saturated heterocycles. The molecule has 218 valence electrons. The fraction of sp³-hybridized carbons (Fsp3) is 0.258. The summed E-state index contributed by atoms with van der Waals surface area (Å²) in [6.45, 7) is 3.94. The second kappa shape index (κ2) is 13.4. The molecule has 1 unspecified atom stereocenters. The van der Waals surface area contributed by atoms with Crippen LogP contribution in [0.5, 0.6) is 0 Å². The van der Waals surface area contributed by atoms with E-state index in [4.69, 9.17) is 9.47 Å². The van der Waals surface area contributed by atoms with Crippen LogP contribution in [0.4, 0.5) is 13.2 Å². The highest BCUT2D eigenvalue weighted by Crippen LogP contribution is 2.42. The number of amides is 1. The van der Waals surface area contributed by atoms with E-state index in [-0.39, 0.29) is 41.0 Å². The maximum atomic E-state index is 13.6. The van der Waals surface area contributed by atoms with E-state index >= 15 is 0 Å². The molecule has 1 atom stereocenters. The van der Waals surface area contributed by atoms with Crippen LogP contribution in [0.2, 0.25) is 0 Å². The molecule has 3 aromatic rings. The molecule has 42 heavy (non-hydrogen) atoms. The lowest BCUT2D eigenvalue weighted by Crippen LogP contribution is -2.32. The molecule has 7 nitrogen and oxygen atoms in total. The summed E-state index contributed by atoms with van der Waals surface area (Å²) in [4.78, 5) is 26.9. The monoisotopic (exact) mass is 595 g/mol. The molecular weight excluding hydrogens is 567 g/mol. The molecule has 4 rings (SSSR count). The van der Waals surface area contributed by atoms with Crippen molar-refractivity contribution in [1.29, 1.82) is 5.26 Å². The Hall–Kier alpha value is -4.56. The molecular formula is C31H28F3N3O4S. The van der Waals surface area contributed by atoms with Gasteiger partial charge in [0.25, 0.3) is 5.91 Å². The van der Waals surface area contributed by atoms with Gasteiger partial charge in [-0.2, -0.15) is 5.26 Å². The third-order valence-electron chi connectivity index (χ3n) is 6.42. The van der Waals surface area contributed by atoms with E-state index in [0.717, 1.165) is 23.5 Å². The number of nitrogens with zero attached hydrogens (tertiary/aromatic N) is 1. The van der Waals surface area contributed by atoms with Crippen LogP contribution in [0, 0.1) is 34.7 Å². The summed E-state index contributed by atoms with van der Waals surface area (Å²) >= 11 is 1.08. The normalized spacial score (nSPS) is 14.9. The van der Waals surface area contributed by atoms with Gasteiger partial charge < -0.3 is 20.1 Å². The molecule has 0 radical (unpaired) electrons.